The summed E-state index contributed by atoms with van der Waals surface area (Å²) in [6.07, 6.45) is 2.65. The van der Waals surface area contributed by atoms with E-state index in [-0.39, 0.29) is 22.6 Å². The first-order valence-corrected chi connectivity index (χ1v) is 11.8. The van der Waals surface area contributed by atoms with E-state index in [1.807, 2.05) is 18.2 Å². The minimum absolute atomic E-state index is 0.0623. The van der Waals surface area contributed by atoms with Crippen molar-refractivity contribution in [3.05, 3.63) is 58.9 Å². The van der Waals surface area contributed by atoms with Crippen molar-refractivity contribution in [3.8, 4) is 0 Å². The van der Waals surface area contributed by atoms with Crippen LogP contribution in [0.2, 0.25) is 5.02 Å². The minimum atomic E-state index is -3.66. The molecule has 1 amide bonds. The predicted octanol–water partition coefficient (Wildman–Crippen LogP) is 2.57. The zero-order chi connectivity index (χ0) is 21.1. The van der Waals surface area contributed by atoms with Gasteiger partial charge in [-0.3, -0.25) is 9.78 Å². The van der Waals surface area contributed by atoms with Crippen LogP contribution in [0.25, 0.3) is 0 Å². The third-order valence-corrected chi connectivity index (χ3v) is 7.73. The summed E-state index contributed by atoms with van der Waals surface area (Å²) >= 11 is 6.19. The molecule has 2 aliphatic rings. The molecule has 1 aromatic heterocycles. The summed E-state index contributed by atoms with van der Waals surface area (Å²) in [5.41, 5.74) is 1.68. The number of nitrogens with one attached hydrogen (secondary N) is 1. The Labute approximate surface area is 181 Å². The van der Waals surface area contributed by atoms with Gasteiger partial charge in [0.2, 0.25) is 15.9 Å². The highest BCUT2D eigenvalue weighted by atomic mass is 35.5. The van der Waals surface area contributed by atoms with Gasteiger partial charge in [0, 0.05) is 36.1 Å². The number of hydrogen-bond donors (Lipinski definition) is 1. The molecule has 4 rings (SSSR count). The second kappa shape index (κ2) is 9.01. The quantitative estimate of drug-likeness (QED) is 0.732. The molecule has 2 saturated heterocycles. The summed E-state index contributed by atoms with van der Waals surface area (Å²) in [5, 5.41) is 3.30. The molecule has 9 heteroatoms. The Hall–Kier alpha value is -2.00. The van der Waals surface area contributed by atoms with Crippen molar-refractivity contribution >= 4 is 27.5 Å². The first-order valence-electron chi connectivity index (χ1n) is 9.99. The van der Waals surface area contributed by atoms with E-state index < -0.39 is 10.0 Å². The largest absolute Gasteiger partial charge is 0.380 e. The van der Waals surface area contributed by atoms with Crippen LogP contribution >= 0.6 is 11.6 Å². The van der Waals surface area contributed by atoms with Crippen molar-refractivity contribution in [1.29, 1.82) is 0 Å². The number of sulfonamides is 1. The fourth-order valence-electron chi connectivity index (χ4n) is 3.73. The molecule has 1 aromatic carbocycles. The number of carbonyl (C=O) groups is 1. The molecule has 0 radical (unpaired) electrons. The molecule has 30 heavy (non-hydrogen) atoms. The van der Waals surface area contributed by atoms with Gasteiger partial charge in [0.15, 0.2) is 0 Å². The Balaban J connectivity index is 1.37. The number of rotatable bonds is 6. The van der Waals surface area contributed by atoms with Crippen LogP contribution in [0.4, 0.5) is 0 Å². The minimum Gasteiger partial charge on any atom is -0.380 e. The number of benzene rings is 1. The van der Waals surface area contributed by atoms with Crippen molar-refractivity contribution in [2.75, 3.05) is 26.3 Å². The van der Waals surface area contributed by atoms with Crippen LogP contribution in [0, 0.1) is 5.92 Å². The highest BCUT2D eigenvalue weighted by Crippen LogP contribution is 2.31. The molecular formula is C21H24ClN3O4S. The van der Waals surface area contributed by atoms with Gasteiger partial charge in [-0.15, -0.1) is 0 Å². The van der Waals surface area contributed by atoms with Crippen LogP contribution in [0.5, 0.6) is 0 Å². The average Bonchev–Trinajstić information content (AvgIpc) is 2.71. The Morgan fingerprint density at radius 1 is 1.20 bits per heavy atom. The molecule has 0 spiro atoms. The smallest absolute Gasteiger partial charge is 0.243 e. The topological polar surface area (TPSA) is 88.6 Å². The van der Waals surface area contributed by atoms with Crippen LogP contribution < -0.4 is 5.32 Å². The summed E-state index contributed by atoms with van der Waals surface area (Å²) in [6, 6.07) is 10.5. The third-order valence-electron chi connectivity index (χ3n) is 5.64. The van der Waals surface area contributed by atoms with Gasteiger partial charge in [-0.1, -0.05) is 17.7 Å². The van der Waals surface area contributed by atoms with Crippen LogP contribution in [0.15, 0.2) is 47.5 Å². The highest BCUT2D eigenvalue weighted by Gasteiger charge is 2.33. The van der Waals surface area contributed by atoms with Crippen LogP contribution in [-0.2, 0) is 26.1 Å². The lowest BCUT2D eigenvalue weighted by Crippen LogP contribution is -2.43. The van der Waals surface area contributed by atoms with Crippen molar-refractivity contribution in [3.63, 3.8) is 0 Å². The Morgan fingerprint density at radius 3 is 2.60 bits per heavy atom. The average molecular weight is 450 g/mol. The van der Waals surface area contributed by atoms with E-state index in [1.165, 1.54) is 10.4 Å². The monoisotopic (exact) mass is 449 g/mol. The zero-order valence-corrected chi connectivity index (χ0v) is 18.0. The molecule has 2 aliphatic heterocycles. The standard InChI is InChI=1S/C21H24ClN3O4S/c22-18-9-16(17-13-29-14-17)10-20(11-18)30(27,28)25-7-4-15(5-8-25)21(26)24-12-19-3-1-2-6-23-19/h1-3,6,9-11,15,17H,4-5,7-8,12-14H2,(H,24,26). The number of hydrogen-bond acceptors (Lipinski definition) is 5. The maximum Gasteiger partial charge on any atom is 0.243 e. The lowest BCUT2D eigenvalue weighted by atomic mass is 9.97. The van der Waals surface area contributed by atoms with E-state index >= 15 is 0 Å². The molecule has 3 heterocycles. The SMILES string of the molecule is O=C(NCc1ccccn1)C1CCN(S(=O)(=O)c2cc(Cl)cc(C3COC3)c2)CC1. The van der Waals surface area contributed by atoms with Gasteiger partial charge in [-0.05, 0) is 48.7 Å². The molecule has 2 fully saturated rings. The fraction of sp³-hybridized carbons (Fsp3) is 0.429. The molecular weight excluding hydrogens is 426 g/mol. The predicted molar refractivity (Wildman–Crippen MR) is 113 cm³/mol. The summed E-state index contributed by atoms with van der Waals surface area (Å²) < 4.78 is 32.9. The maximum atomic E-state index is 13.1. The molecule has 160 valence electrons. The first kappa shape index (κ1) is 21.2. The van der Waals surface area contributed by atoms with E-state index in [9.17, 15) is 13.2 Å². The number of halogens is 1. The maximum absolute atomic E-state index is 13.1. The zero-order valence-electron chi connectivity index (χ0n) is 16.5. The van der Waals surface area contributed by atoms with Crippen LogP contribution in [0.3, 0.4) is 0 Å². The molecule has 2 aromatic rings. The van der Waals surface area contributed by atoms with Gasteiger partial charge in [0.25, 0.3) is 0 Å². The molecule has 0 unspecified atom stereocenters. The van der Waals surface area contributed by atoms with E-state index in [0.29, 0.717) is 50.7 Å². The second-order valence-corrected chi connectivity index (χ2v) is 10.0. The third kappa shape index (κ3) is 4.67. The Kier molecular flexibility index (Phi) is 6.38. The lowest BCUT2D eigenvalue weighted by molar-refractivity contribution is -0.126. The summed E-state index contributed by atoms with van der Waals surface area (Å²) in [6.45, 7) is 2.14. The Bertz CT molecular complexity index is 1000. The van der Waals surface area contributed by atoms with E-state index in [4.69, 9.17) is 16.3 Å². The normalized spacial score (nSPS) is 18.7. The Morgan fingerprint density at radius 2 is 1.97 bits per heavy atom. The highest BCUT2D eigenvalue weighted by molar-refractivity contribution is 7.89. The molecule has 0 saturated carbocycles. The number of ether oxygens (including phenoxy) is 1. The first-order chi connectivity index (χ1) is 14.4. The number of aromatic nitrogens is 1. The molecule has 0 atom stereocenters. The summed E-state index contributed by atoms with van der Waals surface area (Å²) in [7, 11) is -3.66. The van der Waals surface area contributed by atoms with Crippen molar-refractivity contribution in [2.24, 2.45) is 5.92 Å². The molecule has 0 bridgehead atoms. The molecule has 0 aliphatic carbocycles. The summed E-state index contributed by atoms with van der Waals surface area (Å²) in [5.74, 6) is -0.0823. The lowest BCUT2D eigenvalue weighted by Gasteiger charge is -2.31. The van der Waals surface area contributed by atoms with E-state index in [1.54, 1.807) is 18.3 Å². The van der Waals surface area contributed by atoms with Gasteiger partial charge >= 0.3 is 0 Å². The second-order valence-electron chi connectivity index (χ2n) is 7.67. The van der Waals surface area contributed by atoms with Crippen molar-refractivity contribution in [1.82, 2.24) is 14.6 Å². The molecule has 7 nitrogen and oxygen atoms in total. The van der Waals surface area contributed by atoms with Gasteiger partial charge in [0.1, 0.15) is 0 Å². The van der Waals surface area contributed by atoms with E-state index in [2.05, 4.69) is 10.3 Å². The fourth-order valence-corrected chi connectivity index (χ4v) is 5.59. The van der Waals surface area contributed by atoms with Gasteiger partial charge in [-0.25, -0.2) is 8.42 Å². The van der Waals surface area contributed by atoms with Crippen molar-refractivity contribution in [2.45, 2.75) is 30.2 Å². The van der Waals surface area contributed by atoms with Crippen molar-refractivity contribution < 1.29 is 17.9 Å². The van der Waals surface area contributed by atoms with Gasteiger partial charge in [-0.2, -0.15) is 4.31 Å². The number of amides is 1. The number of pyridine rings is 1. The summed E-state index contributed by atoms with van der Waals surface area (Å²) in [4.78, 5) is 16.9. The number of nitrogens with zero attached hydrogens (tertiary/aromatic N) is 2. The van der Waals surface area contributed by atoms with Gasteiger partial charge in [0.05, 0.1) is 30.3 Å². The van der Waals surface area contributed by atoms with Crippen LogP contribution in [0.1, 0.15) is 30.0 Å². The molecule has 1 N–H and O–H groups in total. The number of piperidine rings is 1. The van der Waals surface area contributed by atoms with Gasteiger partial charge < -0.3 is 10.1 Å². The number of carbonyl (C=O) groups excluding carboxylic acids is 1. The van der Waals surface area contributed by atoms with E-state index in [0.717, 1.165) is 11.3 Å². The van der Waals surface area contributed by atoms with Crippen LogP contribution in [-0.4, -0.2) is 49.9 Å².